The van der Waals surface area contributed by atoms with Gasteiger partial charge in [-0.15, -0.1) is 11.3 Å². The lowest BCUT2D eigenvalue weighted by molar-refractivity contribution is -0.137. The zero-order chi connectivity index (χ0) is 15.4. The predicted molar refractivity (Wildman–Crippen MR) is 77.9 cm³/mol. The Morgan fingerprint density at radius 3 is 2.71 bits per heavy atom. The molecular weight excluding hydrogens is 293 g/mol. The second-order valence-electron chi connectivity index (χ2n) is 4.60. The summed E-state index contributed by atoms with van der Waals surface area (Å²) in [6.07, 6.45) is -0.202. The van der Waals surface area contributed by atoms with Crippen LogP contribution < -0.4 is 5.32 Å². The van der Waals surface area contributed by atoms with E-state index in [0.717, 1.165) is 4.88 Å². The molecule has 21 heavy (non-hydrogen) atoms. The summed E-state index contributed by atoms with van der Waals surface area (Å²) in [5.41, 5.74) is 0.675. The van der Waals surface area contributed by atoms with Crippen LogP contribution in [0.2, 0.25) is 0 Å². The molecule has 110 valence electrons. The molecule has 2 rings (SSSR count). The number of aryl methyl sites for hydroxylation is 1. The van der Waals surface area contributed by atoms with E-state index in [1.54, 1.807) is 19.1 Å². The van der Waals surface area contributed by atoms with Crippen molar-refractivity contribution in [3.8, 4) is 0 Å². The number of amides is 1. The van der Waals surface area contributed by atoms with E-state index in [4.69, 9.17) is 5.11 Å². The summed E-state index contributed by atoms with van der Waals surface area (Å²) < 4.78 is 13.2. The molecule has 0 radical (unpaired) electrons. The number of rotatable bonds is 5. The van der Waals surface area contributed by atoms with Crippen molar-refractivity contribution in [2.45, 2.75) is 19.4 Å². The average Bonchev–Trinajstić information content (AvgIpc) is 2.94. The molecule has 0 saturated carbocycles. The van der Waals surface area contributed by atoms with Crippen molar-refractivity contribution in [2.75, 3.05) is 0 Å². The normalized spacial score (nSPS) is 11.9. The van der Waals surface area contributed by atoms with E-state index in [0.29, 0.717) is 11.1 Å². The standard InChI is InChI=1S/C15H14FNO3S/c1-9-7-10(4-5-11(9)16)15(20)17-12(8-14(18)19)13-3-2-6-21-13/h2-7,12H,8H2,1H3,(H,17,20)(H,18,19). The molecule has 1 aromatic heterocycles. The Kier molecular flexibility index (Phi) is 4.70. The van der Waals surface area contributed by atoms with Gasteiger partial charge in [-0.25, -0.2) is 4.39 Å². The van der Waals surface area contributed by atoms with Crippen LogP contribution in [0.25, 0.3) is 0 Å². The highest BCUT2D eigenvalue weighted by molar-refractivity contribution is 7.10. The van der Waals surface area contributed by atoms with Gasteiger partial charge in [0.15, 0.2) is 0 Å². The highest BCUT2D eigenvalue weighted by Crippen LogP contribution is 2.22. The second-order valence-corrected chi connectivity index (χ2v) is 5.58. The third-order valence-corrected chi connectivity index (χ3v) is 3.98. The zero-order valence-corrected chi connectivity index (χ0v) is 12.1. The molecule has 4 nitrogen and oxygen atoms in total. The van der Waals surface area contributed by atoms with Gasteiger partial charge in [-0.05, 0) is 42.1 Å². The maximum absolute atomic E-state index is 13.2. The first-order valence-corrected chi connectivity index (χ1v) is 7.17. The molecule has 0 bridgehead atoms. The minimum Gasteiger partial charge on any atom is -0.481 e. The quantitative estimate of drug-likeness (QED) is 0.892. The first-order valence-electron chi connectivity index (χ1n) is 6.29. The summed E-state index contributed by atoms with van der Waals surface area (Å²) in [5.74, 6) is -1.80. The average molecular weight is 307 g/mol. The molecule has 1 amide bonds. The molecule has 1 unspecified atom stereocenters. The lowest BCUT2D eigenvalue weighted by atomic mass is 10.1. The topological polar surface area (TPSA) is 66.4 Å². The van der Waals surface area contributed by atoms with Crippen LogP contribution in [0.3, 0.4) is 0 Å². The summed E-state index contributed by atoms with van der Waals surface area (Å²) in [4.78, 5) is 23.9. The molecule has 0 aliphatic heterocycles. The van der Waals surface area contributed by atoms with Crippen molar-refractivity contribution in [1.82, 2.24) is 5.32 Å². The number of thiophene rings is 1. The number of carboxylic acids is 1. The lowest BCUT2D eigenvalue weighted by Crippen LogP contribution is -2.29. The molecule has 1 atom stereocenters. The molecule has 0 aliphatic carbocycles. The third-order valence-electron chi connectivity index (χ3n) is 2.99. The van der Waals surface area contributed by atoms with Crippen LogP contribution in [0.5, 0.6) is 0 Å². The summed E-state index contributed by atoms with van der Waals surface area (Å²) >= 11 is 1.38. The summed E-state index contributed by atoms with van der Waals surface area (Å²) in [7, 11) is 0. The van der Waals surface area contributed by atoms with Gasteiger partial charge in [0.2, 0.25) is 0 Å². The second kappa shape index (κ2) is 6.49. The van der Waals surface area contributed by atoms with Crippen molar-refractivity contribution in [3.05, 3.63) is 57.5 Å². The minimum absolute atomic E-state index is 0.202. The number of nitrogens with one attached hydrogen (secondary N) is 1. The number of benzene rings is 1. The molecular formula is C15H14FNO3S. The van der Waals surface area contributed by atoms with Crippen LogP contribution in [0.4, 0.5) is 4.39 Å². The van der Waals surface area contributed by atoms with Gasteiger partial charge in [0.25, 0.3) is 5.91 Å². The Morgan fingerprint density at radius 2 is 2.14 bits per heavy atom. The van der Waals surface area contributed by atoms with Crippen molar-refractivity contribution < 1.29 is 19.1 Å². The van der Waals surface area contributed by atoms with Gasteiger partial charge in [0, 0.05) is 10.4 Å². The molecule has 2 N–H and O–H groups in total. The monoisotopic (exact) mass is 307 g/mol. The number of aliphatic carboxylic acids is 1. The lowest BCUT2D eigenvalue weighted by Gasteiger charge is -2.15. The summed E-state index contributed by atoms with van der Waals surface area (Å²) in [6.45, 7) is 1.57. The van der Waals surface area contributed by atoms with Crippen molar-refractivity contribution in [3.63, 3.8) is 0 Å². The molecule has 0 fully saturated rings. The Morgan fingerprint density at radius 1 is 1.38 bits per heavy atom. The van der Waals surface area contributed by atoms with Crippen molar-refractivity contribution in [2.24, 2.45) is 0 Å². The first kappa shape index (κ1) is 15.2. The Balaban J connectivity index is 2.17. The van der Waals surface area contributed by atoms with E-state index in [1.165, 1.54) is 29.5 Å². The Hall–Kier alpha value is -2.21. The number of halogens is 1. The van der Waals surface area contributed by atoms with Gasteiger partial charge in [0.05, 0.1) is 12.5 Å². The van der Waals surface area contributed by atoms with Crippen LogP contribution >= 0.6 is 11.3 Å². The molecule has 0 saturated heterocycles. The summed E-state index contributed by atoms with van der Waals surface area (Å²) in [5, 5.41) is 13.5. The number of carboxylic acid groups (broad SMARTS) is 1. The van der Waals surface area contributed by atoms with Crippen molar-refractivity contribution in [1.29, 1.82) is 0 Å². The van der Waals surface area contributed by atoms with E-state index in [9.17, 15) is 14.0 Å². The van der Waals surface area contributed by atoms with Gasteiger partial charge in [-0.3, -0.25) is 9.59 Å². The highest BCUT2D eigenvalue weighted by Gasteiger charge is 2.20. The Labute approximate surface area is 125 Å². The van der Waals surface area contributed by atoms with E-state index in [2.05, 4.69) is 5.32 Å². The molecule has 6 heteroatoms. The minimum atomic E-state index is -0.996. The fourth-order valence-electron chi connectivity index (χ4n) is 1.91. The highest BCUT2D eigenvalue weighted by atomic mass is 32.1. The van der Waals surface area contributed by atoms with Crippen LogP contribution in [0.15, 0.2) is 35.7 Å². The first-order chi connectivity index (χ1) is 9.97. The van der Waals surface area contributed by atoms with E-state index >= 15 is 0 Å². The summed E-state index contributed by atoms with van der Waals surface area (Å²) in [6, 6.07) is 7.01. The third kappa shape index (κ3) is 3.88. The molecule has 1 heterocycles. The van der Waals surface area contributed by atoms with Crippen LogP contribution in [0, 0.1) is 12.7 Å². The maximum atomic E-state index is 13.2. The number of carbonyl (C=O) groups is 2. The van der Waals surface area contributed by atoms with Crippen LogP contribution in [-0.4, -0.2) is 17.0 Å². The van der Waals surface area contributed by atoms with Gasteiger partial charge in [0.1, 0.15) is 5.82 Å². The largest absolute Gasteiger partial charge is 0.481 e. The van der Waals surface area contributed by atoms with Crippen LogP contribution in [-0.2, 0) is 4.79 Å². The predicted octanol–water partition coefficient (Wildman–Crippen LogP) is 3.14. The van der Waals surface area contributed by atoms with Gasteiger partial charge in [-0.1, -0.05) is 6.07 Å². The molecule has 2 aromatic rings. The van der Waals surface area contributed by atoms with Crippen molar-refractivity contribution >= 4 is 23.2 Å². The van der Waals surface area contributed by atoms with Gasteiger partial charge < -0.3 is 10.4 Å². The zero-order valence-electron chi connectivity index (χ0n) is 11.3. The van der Waals surface area contributed by atoms with Crippen LogP contribution in [0.1, 0.15) is 33.3 Å². The molecule has 1 aromatic carbocycles. The molecule has 0 aliphatic rings. The molecule has 0 spiro atoms. The van der Waals surface area contributed by atoms with E-state index < -0.39 is 17.9 Å². The van der Waals surface area contributed by atoms with E-state index in [-0.39, 0.29) is 12.2 Å². The Bertz CT molecular complexity index is 655. The smallest absolute Gasteiger partial charge is 0.305 e. The number of hydrogen-bond acceptors (Lipinski definition) is 3. The van der Waals surface area contributed by atoms with Gasteiger partial charge in [-0.2, -0.15) is 0 Å². The fourth-order valence-corrected chi connectivity index (χ4v) is 2.69. The fraction of sp³-hybridized carbons (Fsp3) is 0.200. The number of hydrogen-bond donors (Lipinski definition) is 2. The number of carbonyl (C=O) groups excluding carboxylic acids is 1. The SMILES string of the molecule is Cc1cc(C(=O)NC(CC(=O)O)c2cccs2)ccc1F. The van der Waals surface area contributed by atoms with Gasteiger partial charge >= 0.3 is 5.97 Å². The van der Waals surface area contributed by atoms with E-state index in [1.807, 2.05) is 5.38 Å². The maximum Gasteiger partial charge on any atom is 0.305 e.